The van der Waals surface area contributed by atoms with Crippen molar-refractivity contribution in [2.24, 2.45) is 0 Å². The van der Waals surface area contributed by atoms with Crippen LogP contribution in [0.1, 0.15) is 46.0 Å². The summed E-state index contributed by atoms with van der Waals surface area (Å²) < 4.78 is 100. The van der Waals surface area contributed by atoms with Crippen LogP contribution in [0.25, 0.3) is 11.4 Å². The highest BCUT2D eigenvalue weighted by Crippen LogP contribution is 2.44. The normalized spacial score (nSPS) is 13.8. The van der Waals surface area contributed by atoms with Crippen molar-refractivity contribution >= 4 is 23.2 Å². The number of benzene rings is 3. The second-order valence-corrected chi connectivity index (χ2v) is 10.0. The Kier molecular flexibility index (Phi) is 7.60. The molecule has 3 aromatic carbocycles. The van der Waals surface area contributed by atoms with Crippen molar-refractivity contribution in [2.75, 3.05) is 17.7 Å². The number of carbonyl (C=O) groups excluding carboxylic acids is 2. The summed E-state index contributed by atoms with van der Waals surface area (Å²) in [6, 6.07) is 7.43. The molecule has 3 N–H and O–H groups in total. The van der Waals surface area contributed by atoms with Crippen molar-refractivity contribution in [3.8, 4) is 28.6 Å². The highest BCUT2D eigenvalue weighted by Gasteiger charge is 2.44. The van der Waals surface area contributed by atoms with Crippen LogP contribution in [0, 0.1) is 5.82 Å². The van der Waals surface area contributed by atoms with Gasteiger partial charge < -0.3 is 34.5 Å². The van der Waals surface area contributed by atoms with Crippen LogP contribution in [0.4, 0.5) is 37.7 Å². The maximum Gasteiger partial charge on any atom is 0.586 e. The number of hydrogen-bond donors (Lipinski definition) is 3. The smallest absolute Gasteiger partial charge is 0.496 e. The predicted molar refractivity (Wildman–Crippen MR) is 141 cm³/mol. The Bertz CT molecular complexity index is 1820. The summed E-state index contributed by atoms with van der Waals surface area (Å²) >= 11 is 0. The topological polar surface area (TPSA) is 145 Å². The monoisotopic (exact) mass is 638 g/mol. The van der Waals surface area contributed by atoms with Crippen molar-refractivity contribution in [1.82, 2.24) is 10.1 Å². The quantitative estimate of drug-likeness (QED) is 0.209. The summed E-state index contributed by atoms with van der Waals surface area (Å²) in [5.41, 5.74) is -4.51. The number of rotatable bonds is 7. The Labute approximate surface area is 248 Å². The first-order valence-electron chi connectivity index (χ1n) is 12.6. The van der Waals surface area contributed by atoms with Gasteiger partial charge in [0.1, 0.15) is 17.2 Å². The van der Waals surface area contributed by atoms with Gasteiger partial charge in [0, 0.05) is 17.3 Å². The number of halogens is 6. The number of nitrogens with one attached hydrogen (secondary N) is 2. The van der Waals surface area contributed by atoms with Crippen LogP contribution >= 0.6 is 0 Å². The highest BCUT2D eigenvalue weighted by atomic mass is 19.4. The molecule has 45 heavy (non-hydrogen) atoms. The van der Waals surface area contributed by atoms with E-state index in [4.69, 9.17) is 9.26 Å². The van der Waals surface area contributed by atoms with E-state index in [0.717, 1.165) is 18.2 Å². The predicted octanol–water partition coefficient (Wildman–Crippen LogP) is 5.96. The van der Waals surface area contributed by atoms with Crippen LogP contribution in [0.3, 0.4) is 0 Å². The lowest BCUT2D eigenvalue weighted by Gasteiger charge is -2.15. The number of nitrogens with zero attached hydrogens (tertiary/aromatic N) is 2. The van der Waals surface area contributed by atoms with Crippen molar-refractivity contribution in [1.29, 1.82) is 0 Å². The van der Waals surface area contributed by atoms with Gasteiger partial charge in [0.2, 0.25) is 5.82 Å². The van der Waals surface area contributed by atoms with E-state index >= 15 is 0 Å². The van der Waals surface area contributed by atoms with E-state index in [1.165, 1.54) is 39.2 Å². The van der Waals surface area contributed by atoms with Gasteiger partial charge in [-0.15, -0.1) is 8.78 Å². The third kappa shape index (κ3) is 6.47. The zero-order valence-electron chi connectivity index (χ0n) is 23.2. The number of aromatic nitrogens is 2. The molecular formula is C28H20F6N4O7. The van der Waals surface area contributed by atoms with E-state index in [1.54, 1.807) is 0 Å². The number of amides is 2. The van der Waals surface area contributed by atoms with Crippen LogP contribution in [0.2, 0.25) is 0 Å². The fourth-order valence-electron chi connectivity index (χ4n) is 4.11. The third-order valence-corrected chi connectivity index (χ3v) is 6.22. The molecule has 2 amide bonds. The fraction of sp³-hybridized carbons (Fsp3) is 0.214. The molecule has 0 spiro atoms. The molecule has 2 heterocycles. The minimum atomic E-state index is -5.08. The van der Waals surface area contributed by atoms with Crippen LogP contribution in [0.5, 0.6) is 17.2 Å². The number of hydrogen-bond acceptors (Lipinski definition) is 9. The first kappa shape index (κ1) is 31.1. The Morgan fingerprint density at radius 2 is 1.60 bits per heavy atom. The van der Waals surface area contributed by atoms with Gasteiger partial charge in [0.15, 0.2) is 11.5 Å². The number of aliphatic hydroxyl groups is 1. The summed E-state index contributed by atoms with van der Waals surface area (Å²) in [6.07, 6.45) is -9.21. The molecule has 0 aliphatic carbocycles. The first-order chi connectivity index (χ1) is 20.9. The zero-order valence-corrected chi connectivity index (χ0v) is 23.2. The number of anilines is 2. The molecule has 0 bridgehead atoms. The molecule has 0 radical (unpaired) electrons. The average Bonchev–Trinajstić information content (AvgIpc) is 3.56. The SMILES string of the molecule is COc1ccc(-c2noc(C(C)(C)O)n2)cc1C(=O)Nc1cc2c(cc1C(=O)Nc1ccc(F)c(C(F)(F)F)c1)OC(F)(F)O2. The van der Waals surface area contributed by atoms with E-state index in [9.17, 15) is 41.0 Å². The van der Waals surface area contributed by atoms with Gasteiger partial charge in [-0.25, -0.2) is 4.39 Å². The van der Waals surface area contributed by atoms with Gasteiger partial charge in [-0.2, -0.15) is 18.2 Å². The standard InChI is InChI=1S/C28H20F6N4O7/c1-26(2,41)25-37-22(38-45-25)12-4-7-19(42-3)15(8-12)24(40)36-18-11-21-20(43-28(33,34)44-21)10-14(18)23(39)35-13-5-6-17(29)16(9-13)27(30,31)32/h4-11,41H,1-3H3,(H,35,39)(H,36,40). The van der Waals surface area contributed by atoms with E-state index in [2.05, 4.69) is 30.2 Å². The minimum Gasteiger partial charge on any atom is -0.496 e. The molecule has 11 nitrogen and oxygen atoms in total. The van der Waals surface area contributed by atoms with Crippen LogP contribution in [-0.2, 0) is 11.8 Å². The third-order valence-electron chi connectivity index (χ3n) is 6.22. The van der Waals surface area contributed by atoms with Gasteiger partial charge in [-0.3, -0.25) is 9.59 Å². The van der Waals surface area contributed by atoms with Crippen molar-refractivity contribution in [3.05, 3.63) is 76.9 Å². The molecule has 4 aromatic rings. The molecule has 0 saturated carbocycles. The molecule has 1 aromatic heterocycles. The zero-order chi connectivity index (χ0) is 32.9. The minimum absolute atomic E-state index is 0.00766. The van der Waals surface area contributed by atoms with Crippen molar-refractivity contribution in [3.63, 3.8) is 0 Å². The summed E-state index contributed by atoms with van der Waals surface area (Å²) in [4.78, 5) is 30.8. The molecule has 0 fully saturated rings. The summed E-state index contributed by atoms with van der Waals surface area (Å²) in [5.74, 6) is -5.00. The lowest BCUT2D eigenvalue weighted by atomic mass is 10.1. The van der Waals surface area contributed by atoms with E-state index in [-0.39, 0.29) is 28.6 Å². The van der Waals surface area contributed by atoms with E-state index < -0.39 is 69.7 Å². The average molecular weight is 638 g/mol. The molecule has 1 aliphatic rings. The maximum absolute atomic E-state index is 13.8. The number of ether oxygens (including phenoxy) is 3. The largest absolute Gasteiger partial charge is 0.586 e. The van der Waals surface area contributed by atoms with Gasteiger partial charge >= 0.3 is 12.5 Å². The summed E-state index contributed by atoms with van der Waals surface area (Å²) in [6.45, 7) is 2.83. The Morgan fingerprint density at radius 1 is 0.933 bits per heavy atom. The maximum atomic E-state index is 13.8. The van der Waals surface area contributed by atoms with Gasteiger partial charge in [0.25, 0.3) is 17.7 Å². The first-order valence-corrected chi connectivity index (χ1v) is 12.6. The lowest BCUT2D eigenvalue weighted by Crippen LogP contribution is -2.25. The van der Waals surface area contributed by atoms with E-state index in [0.29, 0.717) is 12.1 Å². The Balaban J connectivity index is 1.50. The highest BCUT2D eigenvalue weighted by molar-refractivity contribution is 6.14. The lowest BCUT2D eigenvalue weighted by molar-refractivity contribution is -0.286. The molecule has 1 aliphatic heterocycles. The molecule has 17 heteroatoms. The number of carbonyl (C=O) groups is 2. The Morgan fingerprint density at radius 3 is 2.22 bits per heavy atom. The second-order valence-electron chi connectivity index (χ2n) is 10.0. The Hall–Kier alpha value is -5.32. The van der Waals surface area contributed by atoms with Gasteiger partial charge in [-0.05, 0) is 56.3 Å². The van der Waals surface area contributed by atoms with Gasteiger partial charge in [0.05, 0.1) is 29.5 Å². The molecule has 0 saturated heterocycles. The molecule has 0 unspecified atom stereocenters. The van der Waals surface area contributed by atoms with Crippen molar-refractivity contribution in [2.45, 2.75) is 31.9 Å². The number of methoxy groups -OCH3 is 1. The number of fused-ring (bicyclic) bond motifs is 1. The molecule has 0 atom stereocenters. The summed E-state index contributed by atoms with van der Waals surface area (Å²) in [7, 11) is 1.26. The van der Waals surface area contributed by atoms with Crippen LogP contribution in [0.15, 0.2) is 53.1 Å². The van der Waals surface area contributed by atoms with Crippen LogP contribution < -0.4 is 24.8 Å². The van der Waals surface area contributed by atoms with Crippen LogP contribution in [-0.4, -0.2) is 40.5 Å². The molecule has 236 valence electrons. The molecule has 5 rings (SSSR count). The fourth-order valence-corrected chi connectivity index (χ4v) is 4.11. The number of alkyl halides is 5. The van der Waals surface area contributed by atoms with Gasteiger partial charge in [-0.1, -0.05) is 5.16 Å². The summed E-state index contributed by atoms with van der Waals surface area (Å²) in [5, 5.41) is 18.4. The van der Waals surface area contributed by atoms with Crippen molar-refractivity contribution < 1.29 is 59.8 Å². The molecular weight excluding hydrogens is 618 g/mol. The second kappa shape index (κ2) is 11.0. The van der Waals surface area contributed by atoms with E-state index in [1.807, 2.05) is 0 Å².